The van der Waals surface area contributed by atoms with Gasteiger partial charge in [-0.05, 0) is 55.5 Å². The SMILES string of the molecule is CCNC(=NCc1cccc(C#N)c1)NC1CCN(Cc2ccccc2C)CC1.I. The highest BCUT2D eigenvalue weighted by Gasteiger charge is 2.20. The number of nitrogens with zero attached hydrogens (tertiary/aromatic N) is 3. The summed E-state index contributed by atoms with van der Waals surface area (Å²) in [6.45, 7) is 8.88. The van der Waals surface area contributed by atoms with Gasteiger partial charge in [0.2, 0.25) is 0 Å². The fourth-order valence-corrected chi connectivity index (χ4v) is 3.69. The predicted molar refractivity (Wildman–Crippen MR) is 134 cm³/mol. The largest absolute Gasteiger partial charge is 0.357 e. The third-order valence-corrected chi connectivity index (χ3v) is 5.40. The first kappa shape index (κ1) is 24.2. The van der Waals surface area contributed by atoms with Crippen molar-refractivity contribution in [3.8, 4) is 6.07 Å². The predicted octanol–water partition coefficient (Wildman–Crippen LogP) is 4.20. The molecule has 1 fully saturated rings. The van der Waals surface area contributed by atoms with Crippen molar-refractivity contribution < 1.29 is 0 Å². The average molecular weight is 517 g/mol. The van der Waals surface area contributed by atoms with Gasteiger partial charge in [0.1, 0.15) is 0 Å². The van der Waals surface area contributed by atoms with E-state index in [1.807, 2.05) is 24.3 Å². The summed E-state index contributed by atoms with van der Waals surface area (Å²) in [5, 5.41) is 16.0. The first-order chi connectivity index (χ1) is 14.2. The van der Waals surface area contributed by atoms with Crippen LogP contribution in [-0.4, -0.2) is 36.5 Å². The van der Waals surface area contributed by atoms with Gasteiger partial charge in [-0.1, -0.05) is 36.4 Å². The maximum atomic E-state index is 9.06. The molecule has 0 saturated carbocycles. The van der Waals surface area contributed by atoms with E-state index in [4.69, 9.17) is 10.3 Å². The summed E-state index contributed by atoms with van der Waals surface area (Å²) in [4.78, 5) is 7.26. The lowest BCUT2D eigenvalue weighted by Gasteiger charge is -2.33. The van der Waals surface area contributed by atoms with E-state index < -0.39 is 0 Å². The minimum atomic E-state index is 0. The number of halogens is 1. The topological polar surface area (TPSA) is 63.5 Å². The summed E-state index contributed by atoms with van der Waals surface area (Å²) in [5.74, 6) is 0.854. The zero-order valence-corrected chi connectivity index (χ0v) is 20.2. The molecule has 0 radical (unpaired) electrons. The molecule has 1 aliphatic rings. The van der Waals surface area contributed by atoms with E-state index in [9.17, 15) is 0 Å². The van der Waals surface area contributed by atoms with Crippen LogP contribution in [0, 0.1) is 18.3 Å². The highest BCUT2D eigenvalue weighted by molar-refractivity contribution is 14.0. The molecule has 0 atom stereocenters. The van der Waals surface area contributed by atoms with Crippen molar-refractivity contribution in [2.24, 2.45) is 4.99 Å². The van der Waals surface area contributed by atoms with Crippen molar-refractivity contribution in [1.82, 2.24) is 15.5 Å². The van der Waals surface area contributed by atoms with Gasteiger partial charge >= 0.3 is 0 Å². The van der Waals surface area contributed by atoms with Crippen molar-refractivity contribution in [3.63, 3.8) is 0 Å². The highest BCUT2D eigenvalue weighted by Crippen LogP contribution is 2.16. The summed E-state index contributed by atoms with van der Waals surface area (Å²) in [7, 11) is 0. The Morgan fingerprint density at radius 2 is 1.93 bits per heavy atom. The molecule has 160 valence electrons. The van der Waals surface area contributed by atoms with Crippen molar-refractivity contribution in [2.45, 2.75) is 45.8 Å². The van der Waals surface area contributed by atoms with E-state index in [0.29, 0.717) is 18.2 Å². The zero-order chi connectivity index (χ0) is 20.5. The number of likely N-dealkylation sites (tertiary alicyclic amines) is 1. The smallest absolute Gasteiger partial charge is 0.191 e. The Morgan fingerprint density at radius 1 is 1.17 bits per heavy atom. The molecule has 3 rings (SSSR count). The van der Waals surface area contributed by atoms with Gasteiger partial charge in [-0.3, -0.25) is 4.90 Å². The van der Waals surface area contributed by atoms with Crippen LogP contribution in [0.5, 0.6) is 0 Å². The average Bonchev–Trinajstić information content (AvgIpc) is 2.75. The van der Waals surface area contributed by atoms with E-state index in [2.05, 4.69) is 59.7 Å². The molecule has 0 aliphatic carbocycles. The Labute approximate surface area is 197 Å². The van der Waals surface area contributed by atoms with Crippen LogP contribution in [0.25, 0.3) is 0 Å². The number of nitriles is 1. The Morgan fingerprint density at radius 3 is 2.63 bits per heavy atom. The van der Waals surface area contributed by atoms with E-state index in [1.54, 1.807) is 0 Å². The molecule has 0 aromatic heterocycles. The Hall–Kier alpha value is -2.11. The number of nitrogens with one attached hydrogen (secondary N) is 2. The second-order valence-corrected chi connectivity index (χ2v) is 7.63. The second kappa shape index (κ2) is 12.6. The van der Waals surface area contributed by atoms with Crippen LogP contribution in [0.4, 0.5) is 0 Å². The Balaban J connectivity index is 0.00000320. The van der Waals surface area contributed by atoms with Crippen LogP contribution < -0.4 is 10.6 Å². The number of aliphatic imine (C=N–C) groups is 1. The van der Waals surface area contributed by atoms with Gasteiger partial charge in [0.25, 0.3) is 0 Å². The molecule has 30 heavy (non-hydrogen) atoms. The summed E-state index contributed by atoms with van der Waals surface area (Å²) in [5.41, 5.74) is 4.52. The van der Waals surface area contributed by atoms with E-state index in [0.717, 1.165) is 50.5 Å². The quantitative estimate of drug-likeness (QED) is 0.343. The zero-order valence-electron chi connectivity index (χ0n) is 17.9. The lowest BCUT2D eigenvalue weighted by atomic mass is 10.0. The Kier molecular flexibility index (Phi) is 10.1. The molecule has 0 amide bonds. The summed E-state index contributed by atoms with van der Waals surface area (Å²) >= 11 is 0. The molecule has 2 aromatic rings. The van der Waals surface area contributed by atoms with Gasteiger partial charge < -0.3 is 10.6 Å². The molecule has 2 N–H and O–H groups in total. The monoisotopic (exact) mass is 517 g/mol. The molecular weight excluding hydrogens is 485 g/mol. The number of hydrogen-bond acceptors (Lipinski definition) is 3. The maximum Gasteiger partial charge on any atom is 0.191 e. The van der Waals surface area contributed by atoms with Gasteiger partial charge in [0.05, 0.1) is 18.2 Å². The molecule has 5 nitrogen and oxygen atoms in total. The highest BCUT2D eigenvalue weighted by atomic mass is 127. The van der Waals surface area contributed by atoms with E-state index >= 15 is 0 Å². The van der Waals surface area contributed by atoms with Gasteiger partial charge in [-0.2, -0.15) is 5.26 Å². The standard InChI is InChI=1S/C24H31N5.HI/c1-3-26-24(27-17-21-9-6-8-20(15-21)16-25)28-23-11-13-29(14-12-23)18-22-10-5-4-7-19(22)2;/h4-10,15,23H,3,11-14,17-18H2,1-2H3,(H2,26,27,28);1H. The number of guanidine groups is 1. The minimum Gasteiger partial charge on any atom is -0.357 e. The number of hydrogen-bond donors (Lipinski definition) is 2. The van der Waals surface area contributed by atoms with Crippen LogP contribution in [0.2, 0.25) is 0 Å². The molecule has 0 unspecified atom stereocenters. The number of aryl methyl sites for hydroxylation is 1. The maximum absolute atomic E-state index is 9.06. The van der Waals surface area contributed by atoms with Gasteiger partial charge in [-0.25, -0.2) is 4.99 Å². The molecule has 0 bridgehead atoms. The minimum absolute atomic E-state index is 0. The molecular formula is C24H32IN5. The van der Waals surface area contributed by atoms with Gasteiger partial charge in [0, 0.05) is 32.2 Å². The molecule has 0 spiro atoms. The lowest BCUT2D eigenvalue weighted by molar-refractivity contribution is 0.198. The van der Waals surface area contributed by atoms with Crippen LogP contribution in [0.1, 0.15) is 42.0 Å². The first-order valence-corrected chi connectivity index (χ1v) is 10.5. The summed E-state index contributed by atoms with van der Waals surface area (Å²) in [6.07, 6.45) is 2.22. The Bertz CT molecular complexity index is 866. The first-order valence-electron chi connectivity index (χ1n) is 10.5. The third-order valence-electron chi connectivity index (χ3n) is 5.40. The van der Waals surface area contributed by atoms with Gasteiger partial charge in [0.15, 0.2) is 5.96 Å². The van der Waals surface area contributed by atoms with Crippen LogP contribution in [0.15, 0.2) is 53.5 Å². The summed E-state index contributed by atoms with van der Waals surface area (Å²) in [6, 6.07) is 18.9. The molecule has 2 aromatic carbocycles. The van der Waals surface area contributed by atoms with Gasteiger partial charge in [-0.15, -0.1) is 24.0 Å². The second-order valence-electron chi connectivity index (χ2n) is 7.63. The van der Waals surface area contributed by atoms with E-state index in [1.165, 1.54) is 11.1 Å². The van der Waals surface area contributed by atoms with Crippen molar-refractivity contribution >= 4 is 29.9 Å². The lowest BCUT2D eigenvalue weighted by Crippen LogP contribution is -2.48. The number of benzene rings is 2. The number of piperidine rings is 1. The van der Waals surface area contributed by atoms with Crippen LogP contribution >= 0.6 is 24.0 Å². The summed E-state index contributed by atoms with van der Waals surface area (Å²) < 4.78 is 0. The normalized spacial score (nSPS) is 15.2. The molecule has 1 aliphatic heterocycles. The third kappa shape index (κ3) is 7.29. The fraction of sp³-hybridized carbons (Fsp3) is 0.417. The molecule has 1 heterocycles. The van der Waals surface area contributed by atoms with Crippen molar-refractivity contribution in [3.05, 3.63) is 70.8 Å². The van der Waals surface area contributed by atoms with Crippen LogP contribution in [0.3, 0.4) is 0 Å². The fourth-order valence-electron chi connectivity index (χ4n) is 3.69. The molecule has 6 heteroatoms. The number of rotatable bonds is 6. The van der Waals surface area contributed by atoms with E-state index in [-0.39, 0.29) is 24.0 Å². The van der Waals surface area contributed by atoms with Crippen molar-refractivity contribution in [1.29, 1.82) is 5.26 Å². The van der Waals surface area contributed by atoms with Crippen LogP contribution in [-0.2, 0) is 13.1 Å². The molecule has 1 saturated heterocycles. The van der Waals surface area contributed by atoms with Crippen molar-refractivity contribution in [2.75, 3.05) is 19.6 Å².